The molecule has 1 atom stereocenters. The third-order valence-corrected chi connectivity index (χ3v) is 7.32. The predicted octanol–water partition coefficient (Wildman–Crippen LogP) is 6.12. The van der Waals surface area contributed by atoms with Gasteiger partial charge in [-0.3, -0.25) is 14.4 Å². The third-order valence-electron chi connectivity index (χ3n) is 6.97. The summed E-state index contributed by atoms with van der Waals surface area (Å²) in [6, 6.07) is 14.0. The minimum Gasteiger partial charge on any atom is -0.464 e. The first kappa shape index (κ1) is 26.3. The zero-order valence-electron chi connectivity index (χ0n) is 22.2. The number of nitrogens with zero attached hydrogens (tertiary/aromatic N) is 2. The minimum absolute atomic E-state index is 0.0709. The first-order chi connectivity index (χ1) is 18.4. The molecule has 1 unspecified atom stereocenters. The second-order valence-corrected chi connectivity index (χ2v) is 11.3. The van der Waals surface area contributed by atoms with E-state index in [-0.39, 0.29) is 29.2 Å². The molecule has 0 saturated carbocycles. The first-order valence-electron chi connectivity index (χ1n) is 12.5. The zero-order chi connectivity index (χ0) is 28.2. The highest BCUT2D eigenvalue weighted by Gasteiger charge is 2.36. The summed E-state index contributed by atoms with van der Waals surface area (Å²) in [6.45, 7) is 9.89. The Morgan fingerprint density at radius 1 is 1.03 bits per heavy atom. The summed E-state index contributed by atoms with van der Waals surface area (Å²) in [5.41, 5.74) is 1.48. The van der Waals surface area contributed by atoms with Crippen LogP contribution in [0.5, 0.6) is 0 Å². The van der Waals surface area contributed by atoms with E-state index in [1.807, 2.05) is 52.8 Å². The average molecular weight is 543 g/mol. The largest absolute Gasteiger partial charge is 0.464 e. The summed E-state index contributed by atoms with van der Waals surface area (Å²) in [7, 11) is 0. The fourth-order valence-electron chi connectivity index (χ4n) is 4.90. The lowest BCUT2D eigenvalue weighted by atomic mass is 9.85. The fraction of sp³-hybridized carbons (Fsp3) is 0.267. The first-order valence-corrected chi connectivity index (χ1v) is 12.9. The van der Waals surface area contributed by atoms with Gasteiger partial charge in [-0.25, -0.2) is 0 Å². The number of carbonyl (C=O) groups is 1. The summed E-state index contributed by atoms with van der Waals surface area (Å²) in [5, 5.41) is 16.3. The Hall–Kier alpha value is -4.35. The van der Waals surface area contributed by atoms with Crippen LogP contribution in [0.25, 0.3) is 0 Å². The van der Waals surface area contributed by atoms with Gasteiger partial charge in [0.25, 0.3) is 16.8 Å². The molecule has 9 heteroatoms. The molecule has 1 amide bonds. The van der Waals surface area contributed by atoms with Crippen LogP contribution in [0.3, 0.4) is 0 Å². The number of nitrogens with one attached hydrogen (secondary N) is 2. The Balaban J connectivity index is 1.52. The highest BCUT2D eigenvalue weighted by molar-refractivity contribution is 6.33. The van der Waals surface area contributed by atoms with Crippen LogP contribution in [-0.4, -0.2) is 5.91 Å². The van der Waals surface area contributed by atoms with E-state index in [0.717, 1.165) is 11.3 Å². The van der Waals surface area contributed by atoms with E-state index in [1.54, 1.807) is 24.3 Å². The molecule has 1 aliphatic rings. The Morgan fingerprint density at radius 2 is 1.74 bits per heavy atom. The topological polar surface area (TPSA) is 115 Å². The lowest BCUT2D eigenvalue weighted by molar-refractivity contribution is 0.0997. The molecule has 0 spiro atoms. The number of benzene rings is 2. The Kier molecular flexibility index (Phi) is 6.36. The van der Waals surface area contributed by atoms with Crippen LogP contribution in [0.4, 0.5) is 22.7 Å². The van der Waals surface area contributed by atoms with Crippen molar-refractivity contribution in [2.24, 2.45) is 5.41 Å². The van der Waals surface area contributed by atoms with Crippen molar-refractivity contribution in [2.75, 3.05) is 15.5 Å². The number of halogens is 1. The number of rotatable bonds is 6. The molecule has 8 nitrogen and oxygen atoms in total. The van der Waals surface area contributed by atoms with E-state index in [1.165, 1.54) is 4.90 Å². The van der Waals surface area contributed by atoms with Crippen molar-refractivity contribution in [1.82, 2.24) is 0 Å². The van der Waals surface area contributed by atoms with Gasteiger partial charge in [0.1, 0.15) is 29.0 Å². The Bertz CT molecular complexity index is 1750. The maximum absolute atomic E-state index is 13.7. The maximum Gasteiger partial charge on any atom is 0.261 e. The number of hydrogen-bond donors (Lipinski definition) is 2. The summed E-state index contributed by atoms with van der Waals surface area (Å²) in [4.78, 5) is 40.6. The van der Waals surface area contributed by atoms with Crippen molar-refractivity contribution < 1.29 is 9.21 Å². The number of furan rings is 1. The van der Waals surface area contributed by atoms with Gasteiger partial charge < -0.3 is 20.0 Å². The molecule has 0 bridgehead atoms. The van der Waals surface area contributed by atoms with Gasteiger partial charge in [-0.15, -0.1) is 0 Å². The lowest BCUT2D eigenvalue weighted by Crippen LogP contribution is -2.39. The second-order valence-electron chi connectivity index (χ2n) is 10.9. The molecule has 0 radical (unpaired) electrons. The molecule has 0 aliphatic carbocycles. The molecule has 1 aliphatic heterocycles. The molecule has 3 aromatic carbocycles. The highest BCUT2D eigenvalue weighted by Crippen LogP contribution is 2.41. The Morgan fingerprint density at radius 3 is 2.38 bits per heavy atom. The third kappa shape index (κ3) is 4.49. The van der Waals surface area contributed by atoms with Gasteiger partial charge in [0, 0.05) is 10.6 Å². The monoisotopic (exact) mass is 542 g/mol. The summed E-state index contributed by atoms with van der Waals surface area (Å²) in [5.74, 6) is 1.02. The highest BCUT2D eigenvalue weighted by atomic mass is 35.5. The maximum atomic E-state index is 13.7. The van der Waals surface area contributed by atoms with Crippen molar-refractivity contribution in [3.05, 3.63) is 102 Å². The Labute approximate surface area is 230 Å². The molecule has 198 valence electrons. The number of hydrogen-bond acceptors (Lipinski definition) is 7. The molecule has 4 aromatic rings. The molecule has 2 N–H and O–H groups in total. The number of aryl methyl sites for hydroxylation is 2. The lowest BCUT2D eigenvalue weighted by Gasteiger charge is -2.31. The van der Waals surface area contributed by atoms with Crippen LogP contribution < -0.4 is 26.4 Å². The van der Waals surface area contributed by atoms with Crippen LogP contribution in [0.1, 0.15) is 65.4 Å². The smallest absolute Gasteiger partial charge is 0.261 e. The molecule has 0 saturated heterocycles. The van der Waals surface area contributed by atoms with E-state index >= 15 is 0 Å². The fourth-order valence-corrected chi connectivity index (χ4v) is 5.11. The molecule has 2 heterocycles. The molecule has 1 aromatic heterocycles. The quantitative estimate of drug-likeness (QED) is 0.282. The van der Waals surface area contributed by atoms with E-state index in [0.29, 0.717) is 38.8 Å². The number of anilines is 4. The molecular formula is C30H27ClN4O4. The van der Waals surface area contributed by atoms with Gasteiger partial charge in [-0.1, -0.05) is 38.4 Å². The standard InChI is InChI=1S/C30H27ClN4O4/c1-15-6-8-17(13-32)21(12-15)35-14-18-19(31)9-10-20(23(18)29(35)38)33-24-25(27(37)26(24)36)34-28(30(3,4)5)22-11-7-16(2)39-22/h6-12,28,33-34H,14H2,1-5H3. The molecular weight excluding hydrogens is 516 g/mol. The van der Waals surface area contributed by atoms with E-state index in [4.69, 9.17) is 16.0 Å². The predicted molar refractivity (Wildman–Crippen MR) is 152 cm³/mol. The van der Waals surface area contributed by atoms with Crippen LogP contribution in [0.15, 0.2) is 56.5 Å². The van der Waals surface area contributed by atoms with E-state index in [9.17, 15) is 19.6 Å². The van der Waals surface area contributed by atoms with E-state index in [2.05, 4.69) is 16.7 Å². The summed E-state index contributed by atoms with van der Waals surface area (Å²) >= 11 is 6.49. The van der Waals surface area contributed by atoms with Gasteiger partial charge in [-0.05, 0) is 61.2 Å². The summed E-state index contributed by atoms with van der Waals surface area (Å²) in [6.07, 6.45) is 0. The van der Waals surface area contributed by atoms with Crippen molar-refractivity contribution in [1.29, 1.82) is 5.26 Å². The normalized spacial score (nSPS) is 13.9. The number of amides is 1. The van der Waals surface area contributed by atoms with Gasteiger partial charge in [0.15, 0.2) is 0 Å². The van der Waals surface area contributed by atoms with E-state index < -0.39 is 16.9 Å². The van der Waals surface area contributed by atoms with Gasteiger partial charge in [0.05, 0.1) is 35.1 Å². The van der Waals surface area contributed by atoms with Gasteiger partial charge in [-0.2, -0.15) is 5.26 Å². The number of nitriles is 1. The van der Waals surface area contributed by atoms with Crippen LogP contribution in [0.2, 0.25) is 5.02 Å². The zero-order valence-corrected chi connectivity index (χ0v) is 23.0. The van der Waals surface area contributed by atoms with Crippen molar-refractivity contribution in [2.45, 2.75) is 47.2 Å². The van der Waals surface area contributed by atoms with Crippen molar-refractivity contribution >= 4 is 40.3 Å². The summed E-state index contributed by atoms with van der Waals surface area (Å²) < 4.78 is 5.84. The minimum atomic E-state index is -0.683. The van der Waals surface area contributed by atoms with Crippen LogP contribution in [0, 0.1) is 30.6 Å². The number of carbonyl (C=O) groups excluding carboxylic acids is 1. The number of fused-ring (bicyclic) bond motifs is 1. The van der Waals surface area contributed by atoms with Gasteiger partial charge in [0.2, 0.25) is 0 Å². The second kappa shape index (κ2) is 9.44. The average Bonchev–Trinajstić information content (AvgIpc) is 3.47. The van der Waals surface area contributed by atoms with Crippen molar-refractivity contribution in [3.8, 4) is 6.07 Å². The molecule has 0 fully saturated rings. The van der Waals surface area contributed by atoms with Gasteiger partial charge >= 0.3 is 0 Å². The van der Waals surface area contributed by atoms with Crippen molar-refractivity contribution in [3.63, 3.8) is 0 Å². The molecule has 5 rings (SSSR count). The van der Waals surface area contributed by atoms with Crippen LogP contribution in [-0.2, 0) is 6.54 Å². The SMILES string of the molecule is Cc1ccc(C#N)c(N2Cc3c(Cl)ccc(Nc4c(NC(c5ccc(C)o5)C(C)(C)C)c(=O)c4=O)c3C2=O)c1. The molecule has 39 heavy (non-hydrogen) atoms. The van der Waals surface area contributed by atoms with Crippen LogP contribution >= 0.6 is 11.6 Å².